The molecule has 0 unspecified atom stereocenters. The molecule has 4 heteroatoms. The largest absolute Gasteiger partial charge is 0.478 e. The van der Waals surface area contributed by atoms with Crippen molar-refractivity contribution in [1.29, 1.82) is 0 Å². The standard InChI is InChI=1S/C15H13ClO3/c1-9-3-4-11(7-10(9)2)19-12-5-6-13(15(17)18)14(16)8-12/h3-8H,1-2H3,(H,17,18). The van der Waals surface area contributed by atoms with Gasteiger partial charge in [-0.25, -0.2) is 4.79 Å². The molecule has 0 fully saturated rings. The molecule has 0 atom stereocenters. The highest BCUT2D eigenvalue weighted by atomic mass is 35.5. The van der Waals surface area contributed by atoms with Gasteiger partial charge in [-0.05, 0) is 49.2 Å². The summed E-state index contributed by atoms with van der Waals surface area (Å²) in [6.07, 6.45) is 0. The molecular weight excluding hydrogens is 264 g/mol. The van der Waals surface area contributed by atoms with Gasteiger partial charge in [0, 0.05) is 6.07 Å². The summed E-state index contributed by atoms with van der Waals surface area (Å²) in [5.41, 5.74) is 2.38. The third kappa shape index (κ3) is 3.06. The zero-order valence-electron chi connectivity index (χ0n) is 10.6. The number of hydrogen-bond acceptors (Lipinski definition) is 2. The molecule has 0 saturated carbocycles. The topological polar surface area (TPSA) is 46.5 Å². The molecule has 98 valence electrons. The van der Waals surface area contributed by atoms with Crippen molar-refractivity contribution in [2.24, 2.45) is 0 Å². The number of carboxylic acid groups (broad SMARTS) is 1. The number of carbonyl (C=O) groups is 1. The van der Waals surface area contributed by atoms with Gasteiger partial charge < -0.3 is 9.84 Å². The maximum atomic E-state index is 10.8. The van der Waals surface area contributed by atoms with E-state index in [1.807, 2.05) is 32.0 Å². The zero-order chi connectivity index (χ0) is 14.0. The normalized spacial score (nSPS) is 10.3. The quantitative estimate of drug-likeness (QED) is 0.901. The first-order valence-corrected chi connectivity index (χ1v) is 6.13. The van der Waals surface area contributed by atoms with Crippen molar-refractivity contribution in [3.63, 3.8) is 0 Å². The van der Waals surface area contributed by atoms with E-state index < -0.39 is 5.97 Å². The molecule has 0 saturated heterocycles. The molecule has 1 N–H and O–H groups in total. The van der Waals surface area contributed by atoms with Gasteiger partial charge >= 0.3 is 5.97 Å². The molecule has 0 radical (unpaired) electrons. The minimum atomic E-state index is -1.05. The number of carboxylic acids is 1. The van der Waals surface area contributed by atoms with Crippen molar-refractivity contribution in [1.82, 2.24) is 0 Å². The summed E-state index contributed by atoms with van der Waals surface area (Å²) in [4.78, 5) is 10.8. The summed E-state index contributed by atoms with van der Waals surface area (Å²) < 4.78 is 5.65. The first kappa shape index (κ1) is 13.4. The van der Waals surface area contributed by atoms with E-state index in [4.69, 9.17) is 21.4 Å². The van der Waals surface area contributed by atoms with E-state index in [-0.39, 0.29) is 10.6 Å². The number of halogens is 1. The molecule has 0 aliphatic heterocycles. The Morgan fingerprint density at radius 3 is 2.26 bits per heavy atom. The molecular formula is C15H13ClO3. The Morgan fingerprint density at radius 2 is 1.68 bits per heavy atom. The average Bonchev–Trinajstić information content (AvgIpc) is 2.33. The van der Waals surface area contributed by atoms with Gasteiger partial charge in [-0.3, -0.25) is 0 Å². The van der Waals surface area contributed by atoms with Crippen molar-refractivity contribution in [2.75, 3.05) is 0 Å². The fraction of sp³-hybridized carbons (Fsp3) is 0.133. The van der Waals surface area contributed by atoms with Crippen molar-refractivity contribution < 1.29 is 14.6 Å². The number of aryl methyl sites for hydroxylation is 2. The van der Waals surface area contributed by atoms with Gasteiger partial charge in [0.1, 0.15) is 11.5 Å². The van der Waals surface area contributed by atoms with Crippen LogP contribution in [0.4, 0.5) is 0 Å². The maximum Gasteiger partial charge on any atom is 0.337 e. The predicted octanol–water partition coefficient (Wildman–Crippen LogP) is 4.45. The lowest BCUT2D eigenvalue weighted by Gasteiger charge is -2.09. The van der Waals surface area contributed by atoms with Crippen LogP contribution in [0.5, 0.6) is 11.5 Å². The van der Waals surface area contributed by atoms with Crippen molar-refractivity contribution in [3.8, 4) is 11.5 Å². The SMILES string of the molecule is Cc1ccc(Oc2ccc(C(=O)O)c(Cl)c2)cc1C. The van der Waals surface area contributed by atoms with Crippen LogP contribution < -0.4 is 4.74 Å². The summed E-state index contributed by atoms with van der Waals surface area (Å²) in [6.45, 7) is 4.03. The Hall–Kier alpha value is -2.00. The Balaban J connectivity index is 2.26. The highest BCUT2D eigenvalue weighted by molar-refractivity contribution is 6.33. The zero-order valence-corrected chi connectivity index (χ0v) is 11.4. The number of benzene rings is 2. The van der Waals surface area contributed by atoms with Crippen LogP contribution >= 0.6 is 11.6 Å². The lowest BCUT2D eigenvalue weighted by molar-refractivity contribution is 0.0697. The fourth-order valence-electron chi connectivity index (χ4n) is 1.65. The molecule has 0 aliphatic carbocycles. The Labute approximate surface area is 116 Å². The Morgan fingerprint density at radius 1 is 1.05 bits per heavy atom. The molecule has 0 bridgehead atoms. The maximum absolute atomic E-state index is 10.8. The van der Waals surface area contributed by atoms with Crippen molar-refractivity contribution in [3.05, 3.63) is 58.1 Å². The van der Waals surface area contributed by atoms with Gasteiger partial charge in [-0.1, -0.05) is 17.7 Å². The lowest BCUT2D eigenvalue weighted by Crippen LogP contribution is -1.97. The van der Waals surface area contributed by atoms with Gasteiger partial charge in [-0.15, -0.1) is 0 Å². The Bertz CT molecular complexity index is 635. The molecule has 0 spiro atoms. The molecule has 0 aromatic heterocycles. The van der Waals surface area contributed by atoms with E-state index in [9.17, 15) is 4.79 Å². The average molecular weight is 277 g/mol. The van der Waals surface area contributed by atoms with Crippen LogP contribution in [0.3, 0.4) is 0 Å². The Kier molecular flexibility index (Phi) is 3.76. The number of aromatic carboxylic acids is 1. The number of hydrogen-bond donors (Lipinski definition) is 1. The summed E-state index contributed by atoms with van der Waals surface area (Å²) in [5.74, 6) is 0.156. The second-order valence-corrected chi connectivity index (χ2v) is 4.70. The molecule has 2 aromatic carbocycles. The van der Waals surface area contributed by atoms with E-state index in [1.165, 1.54) is 17.7 Å². The first-order chi connectivity index (χ1) is 8.97. The number of ether oxygens (including phenoxy) is 1. The van der Waals surface area contributed by atoms with E-state index in [0.29, 0.717) is 11.5 Å². The first-order valence-electron chi connectivity index (χ1n) is 5.75. The van der Waals surface area contributed by atoms with Gasteiger partial charge in [-0.2, -0.15) is 0 Å². The van der Waals surface area contributed by atoms with Gasteiger partial charge in [0.05, 0.1) is 10.6 Å². The third-order valence-corrected chi connectivity index (χ3v) is 3.20. The molecule has 2 rings (SSSR count). The second kappa shape index (κ2) is 5.33. The minimum absolute atomic E-state index is 0.0640. The van der Waals surface area contributed by atoms with Gasteiger partial charge in [0.15, 0.2) is 0 Å². The fourth-order valence-corrected chi connectivity index (χ4v) is 1.90. The highest BCUT2D eigenvalue weighted by Gasteiger charge is 2.09. The van der Waals surface area contributed by atoms with Gasteiger partial charge in [0.2, 0.25) is 0 Å². The molecule has 0 heterocycles. The highest BCUT2D eigenvalue weighted by Crippen LogP contribution is 2.27. The molecule has 3 nitrogen and oxygen atoms in total. The third-order valence-electron chi connectivity index (χ3n) is 2.89. The molecule has 2 aromatic rings. The van der Waals surface area contributed by atoms with Crippen molar-refractivity contribution >= 4 is 17.6 Å². The van der Waals surface area contributed by atoms with Crippen LogP contribution in [0, 0.1) is 13.8 Å². The molecule has 0 amide bonds. The summed E-state index contributed by atoms with van der Waals surface area (Å²) in [7, 11) is 0. The monoisotopic (exact) mass is 276 g/mol. The van der Waals surface area contributed by atoms with Crippen LogP contribution in [-0.2, 0) is 0 Å². The van der Waals surface area contributed by atoms with E-state index in [1.54, 1.807) is 6.07 Å². The van der Waals surface area contributed by atoms with Crippen LogP contribution in [0.1, 0.15) is 21.5 Å². The predicted molar refractivity (Wildman–Crippen MR) is 74.4 cm³/mol. The van der Waals surface area contributed by atoms with E-state index in [0.717, 1.165) is 5.56 Å². The number of rotatable bonds is 3. The van der Waals surface area contributed by atoms with Crippen molar-refractivity contribution in [2.45, 2.75) is 13.8 Å². The van der Waals surface area contributed by atoms with Crippen LogP contribution in [-0.4, -0.2) is 11.1 Å². The second-order valence-electron chi connectivity index (χ2n) is 4.29. The minimum Gasteiger partial charge on any atom is -0.478 e. The van der Waals surface area contributed by atoms with E-state index in [2.05, 4.69) is 0 Å². The lowest BCUT2D eigenvalue weighted by atomic mass is 10.1. The van der Waals surface area contributed by atoms with Crippen LogP contribution in [0.15, 0.2) is 36.4 Å². The van der Waals surface area contributed by atoms with E-state index >= 15 is 0 Å². The molecule has 0 aliphatic rings. The smallest absolute Gasteiger partial charge is 0.337 e. The van der Waals surface area contributed by atoms with Crippen LogP contribution in [0.25, 0.3) is 0 Å². The summed E-state index contributed by atoms with van der Waals surface area (Å²) in [6, 6.07) is 10.3. The summed E-state index contributed by atoms with van der Waals surface area (Å²) >= 11 is 5.89. The summed E-state index contributed by atoms with van der Waals surface area (Å²) in [5, 5.41) is 9.05. The molecule has 19 heavy (non-hydrogen) atoms. The van der Waals surface area contributed by atoms with Gasteiger partial charge in [0.25, 0.3) is 0 Å². The van der Waals surface area contributed by atoms with Crippen LogP contribution in [0.2, 0.25) is 5.02 Å².